The Morgan fingerprint density at radius 2 is 1.96 bits per heavy atom. The van der Waals surface area contributed by atoms with Gasteiger partial charge in [0.25, 0.3) is 0 Å². The standard InChI is InChI=1S/C17H24FN3O3/c18-14-1-3-15(4-2-14)20-17(22)19-11-16(13-5-8-24-12-13)21-6-9-23-10-7-21/h1-4,13,16H,5-12H2,(H2,19,20,22). The number of hydrogen-bond donors (Lipinski definition) is 2. The number of nitrogens with one attached hydrogen (secondary N) is 2. The van der Waals surface area contributed by atoms with Gasteiger partial charge in [0, 0.05) is 43.9 Å². The molecule has 2 aliphatic rings. The van der Waals surface area contributed by atoms with Gasteiger partial charge in [0.05, 0.1) is 19.8 Å². The van der Waals surface area contributed by atoms with Crippen LogP contribution in [0.4, 0.5) is 14.9 Å². The van der Waals surface area contributed by atoms with Crippen LogP contribution in [0.2, 0.25) is 0 Å². The first-order chi connectivity index (χ1) is 11.7. The number of halogens is 1. The average molecular weight is 337 g/mol. The van der Waals surface area contributed by atoms with Crippen LogP contribution in [0.5, 0.6) is 0 Å². The molecule has 2 amide bonds. The first-order valence-electron chi connectivity index (χ1n) is 8.42. The Morgan fingerprint density at radius 1 is 1.21 bits per heavy atom. The lowest BCUT2D eigenvalue weighted by Gasteiger charge is -2.37. The van der Waals surface area contributed by atoms with Crippen molar-refractivity contribution in [2.75, 3.05) is 51.4 Å². The number of anilines is 1. The third-order valence-electron chi connectivity index (χ3n) is 4.60. The number of rotatable bonds is 5. The fraction of sp³-hybridized carbons (Fsp3) is 0.588. The molecule has 6 nitrogen and oxygen atoms in total. The molecule has 2 aliphatic heterocycles. The zero-order valence-electron chi connectivity index (χ0n) is 13.7. The number of nitrogens with zero attached hydrogens (tertiary/aromatic N) is 1. The molecule has 1 aromatic carbocycles. The van der Waals surface area contributed by atoms with Crippen molar-refractivity contribution in [3.05, 3.63) is 30.1 Å². The van der Waals surface area contributed by atoms with Crippen LogP contribution in [-0.2, 0) is 9.47 Å². The lowest BCUT2D eigenvalue weighted by atomic mass is 9.97. The van der Waals surface area contributed by atoms with E-state index in [-0.39, 0.29) is 17.9 Å². The highest BCUT2D eigenvalue weighted by Crippen LogP contribution is 2.22. The molecule has 2 fully saturated rings. The molecule has 0 bridgehead atoms. The van der Waals surface area contributed by atoms with Gasteiger partial charge in [0.2, 0.25) is 0 Å². The molecule has 0 saturated carbocycles. The Balaban J connectivity index is 1.53. The zero-order valence-corrected chi connectivity index (χ0v) is 13.7. The number of carbonyl (C=O) groups is 1. The van der Waals surface area contributed by atoms with Crippen LogP contribution < -0.4 is 10.6 Å². The number of ether oxygens (including phenoxy) is 2. The van der Waals surface area contributed by atoms with E-state index in [1.807, 2.05) is 0 Å². The molecule has 2 saturated heterocycles. The second-order valence-electron chi connectivity index (χ2n) is 6.18. The molecule has 0 radical (unpaired) electrons. The highest BCUT2D eigenvalue weighted by Gasteiger charge is 2.31. The van der Waals surface area contributed by atoms with Crippen LogP contribution in [0.25, 0.3) is 0 Å². The molecule has 3 rings (SSSR count). The van der Waals surface area contributed by atoms with Crippen molar-refractivity contribution in [3.63, 3.8) is 0 Å². The lowest BCUT2D eigenvalue weighted by molar-refractivity contribution is 0.00222. The predicted molar refractivity (Wildman–Crippen MR) is 88.5 cm³/mol. The molecule has 0 spiro atoms. The van der Waals surface area contributed by atoms with E-state index in [0.717, 1.165) is 45.9 Å². The molecular formula is C17H24FN3O3. The second-order valence-corrected chi connectivity index (χ2v) is 6.18. The van der Waals surface area contributed by atoms with E-state index in [9.17, 15) is 9.18 Å². The number of hydrogen-bond acceptors (Lipinski definition) is 4. The Hall–Kier alpha value is -1.70. The van der Waals surface area contributed by atoms with Crippen LogP contribution in [0, 0.1) is 11.7 Å². The van der Waals surface area contributed by atoms with Gasteiger partial charge in [-0.1, -0.05) is 0 Å². The van der Waals surface area contributed by atoms with Gasteiger partial charge < -0.3 is 20.1 Å². The maximum atomic E-state index is 12.9. The van der Waals surface area contributed by atoms with E-state index >= 15 is 0 Å². The summed E-state index contributed by atoms with van der Waals surface area (Å²) in [4.78, 5) is 14.5. The molecule has 24 heavy (non-hydrogen) atoms. The van der Waals surface area contributed by atoms with Gasteiger partial charge >= 0.3 is 6.03 Å². The van der Waals surface area contributed by atoms with Gasteiger partial charge in [-0.2, -0.15) is 0 Å². The SMILES string of the molecule is O=C(NCC(C1CCOC1)N1CCOCC1)Nc1ccc(F)cc1. The van der Waals surface area contributed by atoms with Gasteiger partial charge in [0.1, 0.15) is 5.82 Å². The third-order valence-corrected chi connectivity index (χ3v) is 4.60. The zero-order chi connectivity index (χ0) is 16.8. The van der Waals surface area contributed by atoms with E-state index in [2.05, 4.69) is 15.5 Å². The van der Waals surface area contributed by atoms with Crippen LogP contribution in [0.1, 0.15) is 6.42 Å². The van der Waals surface area contributed by atoms with Crippen molar-refractivity contribution in [1.82, 2.24) is 10.2 Å². The molecule has 2 unspecified atom stereocenters. The van der Waals surface area contributed by atoms with Crippen molar-refractivity contribution in [1.29, 1.82) is 0 Å². The molecule has 2 atom stereocenters. The minimum Gasteiger partial charge on any atom is -0.381 e. The normalized spacial score (nSPS) is 23.0. The summed E-state index contributed by atoms with van der Waals surface area (Å²) < 4.78 is 23.8. The van der Waals surface area contributed by atoms with Gasteiger partial charge in [-0.05, 0) is 30.7 Å². The summed E-state index contributed by atoms with van der Waals surface area (Å²) in [6.45, 7) is 5.29. The minimum atomic E-state index is -0.324. The maximum absolute atomic E-state index is 12.9. The minimum absolute atomic E-state index is 0.246. The summed E-state index contributed by atoms with van der Waals surface area (Å²) in [7, 11) is 0. The summed E-state index contributed by atoms with van der Waals surface area (Å²) in [6, 6.07) is 5.69. The Labute approximate surface area is 141 Å². The van der Waals surface area contributed by atoms with Crippen molar-refractivity contribution in [3.8, 4) is 0 Å². The third kappa shape index (κ3) is 4.66. The van der Waals surface area contributed by atoms with Crippen molar-refractivity contribution in [2.45, 2.75) is 12.5 Å². The molecule has 0 aliphatic carbocycles. The van der Waals surface area contributed by atoms with Gasteiger partial charge in [-0.25, -0.2) is 9.18 Å². The van der Waals surface area contributed by atoms with E-state index in [0.29, 0.717) is 18.2 Å². The number of carbonyl (C=O) groups excluding carboxylic acids is 1. The molecule has 0 aromatic heterocycles. The highest BCUT2D eigenvalue weighted by atomic mass is 19.1. The molecule has 2 heterocycles. The van der Waals surface area contributed by atoms with Gasteiger partial charge in [-0.3, -0.25) is 4.90 Å². The molecular weight excluding hydrogens is 313 g/mol. The van der Waals surface area contributed by atoms with Crippen LogP contribution in [0.15, 0.2) is 24.3 Å². The summed E-state index contributed by atoms with van der Waals surface area (Å²) in [5.41, 5.74) is 0.570. The highest BCUT2D eigenvalue weighted by molar-refractivity contribution is 5.89. The number of urea groups is 1. The fourth-order valence-corrected chi connectivity index (χ4v) is 3.27. The Morgan fingerprint density at radius 3 is 2.62 bits per heavy atom. The number of morpholine rings is 1. The van der Waals surface area contributed by atoms with Crippen molar-refractivity contribution in [2.24, 2.45) is 5.92 Å². The maximum Gasteiger partial charge on any atom is 0.319 e. The summed E-state index contributed by atoms with van der Waals surface area (Å²) in [5, 5.41) is 5.67. The molecule has 1 aromatic rings. The van der Waals surface area contributed by atoms with Crippen molar-refractivity contribution >= 4 is 11.7 Å². The predicted octanol–water partition coefficient (Wildman–Crippen LogP) is 1.68. The van der Waals surface area contributed by atoms with E-state index in [4.69, 9.17) is 9.47 Å². The van der Waals surface area contributed by atoms with Gasteiger partial charge in [-0.15, -0.1) is 0 Å². The van der Waals surface area contributed by atoms with Crippen LogP contribution in [-0.4, -0.2) is 63.0 Å². The number of amides is 2. The van der Waals surface area contributed by atoms with E-state index in [1.165, 1.54) is 12.1 Å². The summed E-state index contributed by atoms with van der Waals surface area (Å²) in [5.74, 6) is 0.101. The smallest absolute Gasteiger partial charge is 0.319 e. The largest absolute Gasteiger partial charge is 0.381 e. The molecule has 132 valence electrons. The van der Waals surface area contributed by atoms with E-state index in [1.54, 1.807) is 12.1 Å². The Bertz CT molecular complexity index is 528. The van der Waals surface area contributed by atoms with Crippen LogP contribution in [0.3, 0.4) is 0 Å². The fourth-order valence-electron chi connectivity index (χ4n) is 3.27. The quantitative estimate of drug-likeness (QED) is 0.858. The molecule has 7 heteroatoms. The topological polar surface area (TPSA) is 62.8 Å². The van der Waals surface area contributed by atoms with Gasteiger partial charge in [0.15, 0.2) is 0 Å². The monoisotopic (exact) mass is 337 g/mol. The first-order valence-corrected chi connectivity index (χ1v) is 8.42. The van der Waals surface area contributed by atoms with Crippen molar-refractivity contribution < 1.29 is 18.7 Å². The first kappa shape index (κ1) is 17.1. The average Bonchev–Trinajstić information content (AvgIpc) is 3.12. The van der Waals surface area contributed by atoms with E-state index < -0.39 is 0 Å². The number of benzene rings is 1. The second kappa shape index (κ2) is 8.41. The lowest BCUT2D eigenvalue weighted by Crippen LogP contribution is -2.52. The molecule has 2 N–H and O–H groups in total. The van der Waals surface area contributed by atoms with Crippen LogP contribution >= 0.6 is 0 Å². The Kier molecular flexibility index (Phi) is 6.01. The summed E-state index contributed by atoms with van der Waals surface area (Å²) >= 11 is 0. The summed E-state index contributed by atoms with van der Waals surface area (Å²) in [6.07, 6.45) is 1.02.